The molecule has 1 N–H and O–H groups in total. The predicted molar refractivity (Wildman–Crippen MR) is 56.5 cm³/mol. The van der Waals surface area contributed by atoms with Crippen molar-refractivity contribution in [2.45, 2.75) is 39.2 Å². The summed E-state index contributed by atoms with van der Waals surface area (Å²) < 4.78 is 5.03. The number of ether oxygens (including phenoxy) is 1. The zero-order valence-corrected chi connectivity index (χ0v) is 9.50. The lowest BCUT2D eigenvalue weighted by molar-refractivity contribution is 0.0527. The van der Waals surface area contributed by atoms with Crippen LogP contribution in [0.25, 0.3) is 0 Å². The van der Waals surface area contributed by atoms with Gasteiger partial charge in [0.1, 0.15) is 5.60 Å². The fourth-order valence-electron chi connectivity index (χ4n) is 0.866. The molecule has 0 saturated heterocycles. The molecule has 0 aliphatic rings. The van der Waals surface area contributed by atoms with Gasteiger partial charge in [0.05, 0.1) is 6.54 Å². The molecule has 0 atom stereocenters. The second-order valence-corrected chi connectivity index (χ2v) is 4.11. The number of amides is 1. The molecule has 0 aromatic heterocycles. The Bertz CT molecular complexity index is 240. The molecule has 86 valence electrons. The van der Waals surface area contributed by atoms with Crippen molar-refractivity contribution in [1.29, 1.82) is 0 Å². The topological polar surface area (TPSA) is 67.8 Å². The van der Waals surface area contributed by atoms with E-state index in [4.69, 9.17) is 4.74 Å². The summed E-state index contributed by atoms with van der Waals surface area (Å²) >= 11 is 0. The third-order valence-corrected chi connectivity index (χ3v) is 1.43. The second-order valence-electron chi connectivity index (χ2n) is 4.11. The molecule has 0 rings (SSSR count). The quantitative estimate of drug-likeness (QED) is 0.429. The molecule has 0 aromatic rings. The van der Waals surface area contributed by atoms with Crippen molar-refractivity contribution in [3.8, 4) is 0 Å². The molecule has 0 aromatic carbocycles. The van der Waals surface area contributed by atoms with Gasteiger partial charge in [-0.1, -0.05) is 0 Å². The number of hydrogen-bond acceptors (Lipinski definition) is 4. The highest BCUT2D eigenvalue weighted by Crippen LogP contribution is 2.06. The zero-order chi connectivity index (χ0) is 11.7. The number of carbonyl (C=O) groups excluding carboxylic acids is 2. The first-order chi connectivity index (χ1) is 6.95. The van der Waals surface area contributed by atoms with Gasteiger partial charge in [-0.05, 0) is 33.6 Å². The van der Waals surface area contributed by atoms with Gasteiger partial charge < -0.3 is 10.1 Å². The van der Waals surface area contributed by atoms with Crippen LogP contribution in [-0.2, 0) is 9.53 Å². The maximum Gasteiger partial charge on any atom is 0.407 e. The van der Waals surface area contributed by atoms with E-state index >= 15 is 0 Å². The molecule has 0 heterocycles. The summed E-state index contributed by atoms with van der Waals surface area (Å²) in [6.45, 7) is 6.42. The molecule has 15 heavy (non-hydrogen) atoms. The zero-order valence-electron chi connectivity index (χ0n) is 9.50. The number of rotatable bonds is 5. The molecule has 0 aliphatic heterocycles. The van der Waals surface area contributed by atoms with Gasteiger partial charge >= 0.3 is 6.09 Å². The van der Waals surface area contributed by atoms with Crippen LogP contribution < -0.4 is 5.32 Å². The number of hydrogen-bond donors (Lipinski definition) is 1. The Labute approximate surface area is 89.9 Å². The smallest absolute Gasteiger partial charge is 0.407 e. The molecule has 0 radical (unpaired) electrons. The van der Waals surface area contributed by atoms with Crippen molar-refractivity contribution in [1.82, 2.24) is 5.32 Å². The standard InChI is InChI=1S/C10H18N2O3/c1-10(2,3)15-9(14)12-7-5-4-6-11-8-13/h4-7H2,1-3H3,(H,12,14). The Balaban J connectivity index is 3.43. The van der Waals surface area contributed by atoms with Gasteiger partial charge in [-0.15, -0.1) is 0 Å². The Kier molecular flexibility index (Phi) is 6.38. The second kappa shape index (κ2) is 7.01. The number of nitrogens with one attached hydrogen (secondary N) is 1. The monoisotopic (exact) mass is 214 g/mol. The number of aliphatic imine (C=N–C) groups is 1. The summed E-state index contributed by atoms with van der Waals surface area (Å²) in [5.74, 6) is 0. The van der Waals surface area contributed by atoms with Crippen LogP contribution >= 0.6 is 0 Å². The molecular weight excluding hydrogens is 196 g/mol. The normalized spacial score (nSPS) is 10.3. The van der Waals surface area contributed by atoms with Gasteiger partial charge in [-0.2, -0.15) is 0 Å². The fourth-order valence-corrected chi connectivity index (χ4v) is 0.866. The summed E-state index contributed by atoms with van der Waals surface area (Å²) in [6, 6.07) is 0. The average molecular weight is 214 g/mol. The van der Waals surface area contributed by atoms with E-state index in [0.29, 0.717) is 13.1 Å². The van der Waals surface area contributed by atoms with Crippen LogP contribution in [0.1, 0.15) is 33.6 Å². The third kappa shape index (κ3) is 10.6. The Morgan fingerprint density at radius 3 is 2.60 bits per heavy atom. The number of unbranched alkanes of at least 4 members (excludes halogenated alkanes) is 1. The first kappa shape index (κ1) is 13.7. The van der Waals surface area contributed by atoms with Gasteiger partial charge in [0.15, 0.2) is 0 Å². The SMILES string of the molecule is CC(C)(C)OC(=O)NCCCCN=C=O. The first-order valence-electron chi connectivity index (χ1n) is 4.96. The van der Waals surface area contributed by atoms with E-state index < -0.39 is 11.7 Å². The highest BCUT2D eigenvalue weighted by atomic mass is 16.6. The summed E-state index contributed by atoms with van der Waals surface area (Å²) in [5, 5.41) is 2.61. The lowest BCUT2D eigenvalue weighted by atomic mass is 10.2. The Hall–Kier alpha value is -1.35. The van der Waals surface area contributed by atoms with Crippen molar-refractivity contribution in [3.05, 3.63) is 0 Å². The van der Waals surface area contributed by atoms with Crippen molar-refractivity contribution in [2.24, 2.45) is 4.99 Å². The van der Waals surface area contributed by atoms with E-state index in [1.807, 2.05) is 20.8 Å². The van der Waals surface area contributed by atoms with Crippen LogP contribution in [0.3, 0.4) is 0 Å². The summed E-state index contributed by atoms with van der Waals surface area (Å²) in [5.41, 5.74) is -0.466. The van der Waals surface area contributed by atoms with Crippen molar-refractivity contribution in [3.63, 3.8) is 0 Å². The summed E-state index contributed by atoms with van der Waals surface area (Å²) in [7, 11) is 0. The van der Waals surface area contributed by atoms with Crippen molar-refractivity contribution in [2.75, 3.05) is 13.1 Å². The van der Waals surface area contributed by atoms with Crippen LogP contribution in [0.2, 0.25) is 0 Å². The summed E-state index contributed by atoms with van der Waals surface area (Å²) in [4.78, 5) is 24.2. The minimum Gasteiger partial charge on any atom is -0.444 e. The van der Waals surface area contributed by atoms with Crippen LogP contribution in [-0.4, -0.2) is 30.9 Å². The summed E-state index contributed by atoms with van der Waals surface area (Å²) in [6.07, 6.45) is 2.57. The van der Waals surface area contributed by atoms with Crippen molar-refractivity contribution < 1.29 is 14.3 Å². The molecule has 0 spiro atoms. The lowest BCUT2D eigenvalue weighted by Gasteiger charge is -2.19. The number of nitrogens with zero attached hydrogens (tertiary/aromatic N) is 1. The fraction of sp³-hybridized carbons (Fsp3) is 0.800. The number of carbonyl (C=O) groups is 1. The van der Waals surface area contributed by atoms with E-state index in [2.05, 4.69) is 10.3 Å². The van der Waals surface area contributed by atoms with E-state index in [1.54, 1.807) is 0 Å². The minimum absolute atomic E-state index is 0.415. The van der Waals surface area contributed by atoms with Gasteiger partial charge in [0.25, 0.3) is 0 Å². The number of alkyl carbamates (subject to hydrolysis) is 1. The Morgan fingerprint density at radius 1 is 1.40 bits per heavy atom. The molecule has 0 bridgehead atoms. The van der Waals surface area contributed by atoms with Crippen molar-refractivity contribution >= 4 is 12.2 Å². The predicted octanol–water partition coefficient (Wildman–Crippen LogP) is 1.63. The van der Waals surface area contributed by atoms with E-state index in [9.17, 15) is 9.59 Å². The highest BCUT2D eigenvalue weighted by molar-refractivity contribution is 5.67. The molecule has 1 amide bonds. The van der Waals surface area contributed by atoms with Crippen LogP contribution in [0.15, 0.2) is 4.99 Å². The van der Waals surface area contributed by atoms with Gasteiger partial charge in [0.2, 0.25) is 6.08 Å². The lowest BCUT2D eigenvalue weighted by Crippen LogP contribution is -2.33. The molecular formula is C10H18N2O3. The molecule has 0 fully saturated rings. The third-order valence-electron chi connectivity index (χ3n) is 1.43. The molecule has 0 unspecified atom stereocenters. The largest absolute Gasteiger partial charge is 0.444 e. The van der Waals surface area contributed by atoms with E-state index in [1.165, 1.54) is 6.08 Å². The van der Waals surface area contributed by atoms with Crippen LogP contribution in [0.4, 0.5) is 4.79 Å². The van der Waals surface area contributed by atoms with Gasteiger partial charge in [-0.25, -0.2) is 14.6 Å². The van der Waals surface area contributed by atoms with Gasteiger partial charge in [-0.3, -0.25) is 0 Å². The maximum atomic E-state index is 11.1. The highest BCUT2D eigenvalue weighted by Gasteiger charge is 2.15. The molecule has 0 saturated carbocycles. The van der Waals surface area contributed by atoms with Crippen LogP contribution in [0, 0.1) is 0 Å². The molecule has 5 nitrogen and oxygen atoms in total. The van der Waals surface area contributed by atoms with E-state index in [-0.39, 0.29) is 0 Å². The minimum atomic E-state index is -0.466. The first-order valence-corrected chi connectivity index (χ1v) is 4.96. The molecule has 0 aliphatic carbocycles. The number of isocyanates is 1. The van der Waals surface area contributed by atoms with E-state index in [0.717, 1.165) is 12.8 Å². The molecule has 5 heteroatoms. The van der Waals surface area contributed by atoms with Crippen LogP contribution in [0.5, 0.6) is 0 Å². The Morgan fingerprint density at radius 2 is 2.07 bits per heavy atom. The average Bonchev–Trinajstić information content (AvgIpc) is 2.08. The maximum absolute atomic E-state index is 11.1. The van der Waals surface area contributed by atoms with Gasteiger partial charge in [0, 0.05) is 6.54 Å².